The fourth-order valence-electron chi connectivity index (χ4n) is 10.7. The third kappa shape index (κ3) is 45.2. The van der Waals surface area contributed by atoms with E-state index < -0.39 is 49.5 Å². The first kappa shape index (κ1) is 72.4. The molecule has 1 heterocycles. The molecule has 6 N–H and O–H groups in total. The Morgan fingerprint density at radius 1 is 0.434 bits per heavy atom. The zero-order chi connectivity index (χ0) is 55.0. The minimum atomic E-state index is -1.57. The highest BCUT2D eigenvalue weighted by atomic mass is 16.7. The van der Waals surface area contributed by atoms with Gasteiger partial charge in [0.25, 0.3) is 0 Å². The van der Waals surface area contributed by atoms with Gasteiger partial charge in [-0.25, -0.2) is 0 Å². The molecule has 1 amide bonds. The number of amides is 1. The third-order valence-corrected chi connectivity index (χ3v) is 15.9. The van der Waals surface area contributed by atoms with Crippen molar-refractivity contribution in [1.29, 1.82) is 0 Å². The third-order valence-electron chi connectivity index (χ3n) is 15.9. The predicted octanol–water partition coefficient (Wildman–Crippen LogP) is 17.5. The van der Waals surface area contributed by atoms with Crippen LogP contribution in [-0.2, 0) is 14.3 Å². The second-order valence-electron chi connectivity index (χ2n) is 23.3. The van der Waals surface area contributed by atoms with Crippen LogP contribution in [0.1, 0.15) is 328 Å². The molecule has 0 bridgehead atoms. The molecule has 1 saturated heterocycles. The van der Waals surface area contributed by atoms with Crippen LogP contribution in [0.25, 0.3) is 0 Å². The molecule has 0 aliphatic carbocycles. The molecule has 1 fully saturated rings. The van der Waals surface area contributed by atoms with Gasteiger partial charge in [-0.2, -0.15) is 0 Å². The number of hydrogen-bond acceptors (Lipinski definition) is 8. The standard InChI is InChI=1S/C67H127NO8/c1-3-5-7-9-11-13-15-17-18-19-20-21-22-23-24-25-26-27-28-29-30-31-32-33-34-35-36-37-38-39-40-41-42-43-44-45-47-49-51-53-55-57-63(71)68-60(59-75-67-66(74)65(73)64(72)62(58-69)76-67)61(70)56-54-52-50-48-46-16-14-12-10-8-6-4-2/h19-20,46,48,54,56,60-62,64-67,69-70,72-74H,3-18,21-45,47,49-53,55,57-59H2,1-2H3,(H,68,71)/b20-19-,48-46+,56-54+. The second kappa shape index (κ2) is 56.7. The van der Waals surface area contributed by atoms with Gasteiger partial charge in [-0.1, -0.05) is 301 Å². The largest absolute Gasteiger partial charge is 0.394 e. The highest BCUT2D eigenvalue weighted by Crippen LogP contribution is 2.23. The van der Waals surface area contributed by atoms with Gasteiger partial charge >= 0.3 is 0 Å². The molecule has 7 unspecified atom stereocenters. The predicted molar refractivity (Wildman–Crippen MR) is 323 cm³/mol. The number of unbranched alkanes of at least 4 members (excludes halogenated alkanes) is 44. The quantitative estimate of drug-likeness (QED) is 0.0261. The van der Waals surface area contributed by atoms with E-state index in [0.29, 0.717) is 6.42 Å². The Kier molecular flexibility index (Phi) is 54.0. The van der Waals surface area contributed by atoms with Crippen molar-refractivity contribution in [3.8, 4) is 0 Å². The Hall–Kier alpha value is -1.59. The summed E-state index contributed by atoms with van der Waals surface area (Å²) in [4.78, 5) is 13.0. The maximum Gasteiger partial charge on any atom is 0.220 e. The van der Waals surface area contributed by atoms with Crippen molar-refractivity contribution < 1.29 is 39.8 Å². The number of allylic oxidation sites excluding steroid dienone is 5. The summed E-state index contributed by atoms with van der Waals surface area (Å²) in [7, 11) is 0. The molecular weight excluding hydrogens is 947 g/mol. The van der Waals surface area contributed by atoms with Crippen molar-refractivity contribution in [2.75, 3.05) is 13.2 Å². The number of aliphatic hydroxyl groups is 5. The first-order valence-electron chi connectivity index (χ1n) is 33.2. The zero-order valence-electron chi connectivity index (χ0n) is 50.0. The molecule has 0 radical (unpaired) electrons. The zero-order valence-corrected chi connectivity index (χ0v) is 50.0. The van der Waals surface area contributed by atoms with E-state index in [2.05, 4.69) is 43.5 Å². The lowest BCUT2D eigenvalue weighted by atomic mass is 9.99. The van der Waals surface area contributed by atoms with Crippen LogP contribution in [0.5, 0.6) is 0 Å². The Labute approximate surface area is 470 Å². The summed E-state index contributed by atoms with van der Waals surface area (Å²) in [5.74, 6) is -0.182. The van der Waals surface area contributed by atoms with Crippen molar-refractivity contribution in [1.82, 2.24) is 5.32 Å². The highest BCUT2D eigenvalue weighted by Gasteiger charge is 2.44. The van der Waals surface area contributed by atoms with Gasteiger partial charge in [0.05, 0.1) is 25.4 Å². The van der Waals surface area contributed by atoms with Crippen molar-refractivity contribution in [3.05, 3.63) is 36.5 Å². The first-order valence-corrected chi connectivity index (χ1v) is 33.2. The van der Waals surface area contributed by atoms with Crippen LogP contribution in [0, 0.1) is 0 Å². The molecule has 0 aromatic carbocycles. The number of aliphatic hydroxyl groups excluding tert-OH is 5. The van der Waals surface area contributed by atoms with Gasteiger partial charge in [-0.05, 0) is 57.8 Å². The van der Waals surface area contributed by atoms with Gasteiger partial charge < -0.3 is 40.3 Å². The molecule has 76 heavy (non-hydrogen) atoms. The van der Waals surface area contributed by atoms with Crippen LogP contribution in [0.2, 0.25) is 0 Å². The smallest absolute Gasteiger partial charge is 0.220 e. The Bertz CT molecular complexity index is 1290. The number of nitrogens with one attached hydrogen (secondary N) is 1. The minimum absolute atomic E-state index is 0.182. The van der Waals surface area contributed by atoms with Crippen LogP contribution >= 0.6 is 0 Å². The maximum atomic E-state index is 13.0. The number of hydrogen-bond donors (Lipinski definition) is 6. The number of rotatable bonds is 58. The lowest BCUT2D eigenvalue weighted by Gasteiger charge is -2.40. The molecule has 0 aromatic heterocycles. The molecule has 1 aliphatic rings. The monoisotopic (exact) mass is 1070 g/mol. The molecule has 7 atom stereocenters. The van der Waals surface area contributed by atoms with E-state index in [1.165, 1.54) is 270 Å². The minimum Gasteiger partial charge on any atom is -0.394 e. The topological polar surface area (TPSA) is 149 Å². The molecule has 9 heteroatoms. The van der Waals surface area contributed by atoms with Gasteiger partial charge in [0.2, 0.25) is 5.91 Å². The van der Waals surface area contributed by atoms with Gasteiger partial charge in [0.1, 0.15) is 24.4 Å². The van der Waals surface area contributed by atoms with Crippen LogP contribution in [-0.4, -0.2) is 87.5 Å². The van der Waals surface area contributed by atoms with Crippen LogP contribution in [0.15, 0.2) is 36.5 Å². The van der Waals surface area contributed by atoms with Gasteiger partial charge in [-0.3, -0.25) is 4.79 Å². The summed E-state index contributed by atoms with van der Waals surface area (Å²) in [6.45, 7) is 3.77. The van der Waals surface area contributed by atoms with E-state index in [4.69, 9.17) is 9.47 Å². The van der Waals surface area contributed by atoms with E-state index in [1.807, 2.05) is 6.08 Å². The summed E-state index contributed by atoms with van der Waals surface area (Å²) in [5.41, 5.74) is 0. The van der Waals surface area contributed by atoms with Crippen LogP contribution in [0.4, 0.5) is 0 Å². The van der Waals surface area contributed by atoms with Crippen LogP contribution in [0.3, 0.4) is 0 Å². The van der Waals surface area contributed by atoms with E-state index in [0.717, 1.165) is 38.5 Å². The molecule has 0 spiro atoms. The lowest BCUT2D eigenvalue weighted by molar-refractivity contribution is -0.302. The molecule has 1 aliphatic heterocycles. The Balaban J connectivity index is 1.99. The SMILES string of the molecule is CCCCCCCC/C=C/CC/C=C/C(O)C(COC1OC(CO)C(O)C(O)C1O)NC(=O)CCCCCCCCCCCCCCCCCCCCCCCCCCCCCCC/C=C\CCCCCCCCCC. The fraction of sp³-hybridized carbons (Fsp3) is 0.896. The van der Waals surface area contributed by atoms with Crippen molar-refractivity contribution in [3.63, 3.8) is 0 Å². The molecule has 0 saturated carbocycles. The molecule has 9 nitrogen and oxygen atoms in total. The van der Waals surface area contributed by atoms with Crippen molar-refractivity contribution in [2.45, 2.75) is 371 Å². The molecule has 448 valence electrons. The summed E-state index contributed by atoms with van der Waals surface area (Å²) >= 11 is 0. The number of carbonyl (C=O) groups is 1. The second-order valence-corrected chi connectivity index (χ2v) is 23.3. The molecule has 1 rings (SSSR count). The van der Waals surface area contributed by atoms with Gasteiger partial charge in [0.15, 0.2) is 6.29 Å². The average molecular weight is 1070 g/mol. The summed E-state index contributed by atoms with van der Waals surface area (Å²) in [6.07, 6.45) is 68.6. The molecule has 0 aromatic rings. The van der Waals surface area contributed by atoms with Crippen molar-refractivity contribution in [2.24, 2.45) is 0 Å². The number of ether oxygens (including phenoxy) is 2. The summed E-state index contributed by atoms with van der Waals surface area (Å²) in [5, 5.41) is 54.4. The Morgan fingerprint density at radius 2 is 0.750 bits per heavy atom. The van der Waals surface area contributed by atoms with E-state index in [9.17, 15) is 30.3 Å². The average Bonchev–Trinajstić information content (AvgIpc) is 3.42. The van der Waals surface area contributed by atoms with E-state index in [-0.39, 0.29) is 12.5 Å². The van der Waals surface area contributed by atoms with Gasteiger partial charge in [0, 0.05) is 6.42 Å². The van der Waals surface area contributed by atoms with E-state index >= 15 is 0 Å². The van der Waals surface area contributed by atoms with Crippen molar-refractivity contribution >= 4 is 5.91 Å². The lowest BCUT2D eigenvalue weighted by Crippen LogP contribution is -2.60. The first-order chi connectivity index (χ1) is 37.3. The van der Waals surface area contributed by atoms with Crippen LogP contribution < -0.4 is 5.32 Å². The van der Waals surface area contributed by atoms with Gasteiger partial charge in [-0.15, -0.1) is 0 Å². The highest BCUT2D eigenvalue weighted by molar-refractivity contribution is 5.76. The number of carbonyl (C=O) groups excluding carboxylic acids is 1. The molecular formula is C67H127NO8. The Morgan fingerprint density at radius 3 is 1.11 bits per heavy atom. The van der Waals surface area contributed by atoms with E-state index in [1.54, 1.807) is 6.08 Å². The normalized spacial score (nSPS) is 19.0. The fourth-order valence-corrected chi connectivity index (χ4v) is 10.7. The maximum absolute atomic E-state index is 13.0. The summed E-state index contributed by atoms with van der Waals surface area (Å²) in [6, 6.07) is -0.818. The summed E-state index contributed by atoms with van der Waals surface area (Å²) < 4.78 is 11.2.